The summed E-state index contributed by atoms with van der Waals surface area (Å²) >= 11 is 0. The maximum absolute atomic E-state index is 13.0. The Morgan fingerprint density at radius 2 is 2.24 bits per heavy atom. The molecule has 21 heavy (non-hydrogen) atoms. The van der Waals surface area contributed by atoms with Gasteiger partial charge < -0.3 is 10.1 Å². The standard InChI is InChI=1S/C15H16FN3O2/c1-2-21-15(20)12-9-18-19-13(7-8-17-14(12)19)10-3-5-11(16)6-4-10/h3-6,9,13,17H,2,7-8H2,1H3. The molecule has 0 radical (unpaired) electrons. The average molecular weight is 289 g/mol. The predicted octanol–water partition coefficient (Wildman–Crippen LogP) is 2.60. The maximum Gasteiger partial charge on any atom is 0.343 e. The molecule has 0 fully saturated rings. The molecule has 0 saturated carbocycles. The molecule has 1 aliphatic rings. The quantitative estimate of drug-likeness (QED) is 0.882. The third-order valence-corrected chi connectivity index (χ3v) is 3.55. The molecule has 3 rings (SSSR count). The number of esters is 1. The molecular formula is C15H16FN3O2. The summed E-state index contributed by atoms with van der Waals surface area (Å²) in [6, 6.07) is 6.37. The fourth-order valence-electron chi connectivity index (χ4n) is 2.58. The van der Waals surface area contributed by atoms with Gasteiger partial charge in [0.1, 0.15) is 17.2 Å². The van der Waals surface area contributed by atoms with Gasteiger partial charge in [-0.1, -0.05) is 12.1 Å². The smallest absolute Gasteiger partial charge is 0.343 e. The van der Waals surface area contributed by atoms with Crippen LogP contribution in [0.5, 0.6) is 0 Å². The molecule has 1 atom stereocenters. The Morgan fingerprint density at radius 1 is 1.48 bits per heavy atom. The number of benzene rings is 1. The van der Waals surface area contributed by atoms with Crippen molar-refractivity contribution in [2.75, 3.05) is 18.5 Å². The fourth-order valence-corrected chi connectivity index (χ4v) is 2.58. The van der Waals surface area contributed by atoms with Gasteiger partial charge >= 0.3 is 5.97 Å². The SMILES string of the molecule is CCOC(=O)c1cnn2c1NCCC2c1ccc(F)cc1. The van der Waals surface area contributed by atoms with E-state index in [0.29, 0.717) is 18.0 Å². The first-order valence-electron chi connectivity index (χ1n) is 6.94. The van der Waals surface area contributed by atoms with E-state index in [-0.39, 0.29) is 17.8 Å². The summed E-state index contributed by atoms with van der Waals surface area (Å²) in [7, 11) is 0. The lowest BCUT2D eigenvalue weighted by Gasteiger charge is -2.26. The molecule has 1 aromatic carbocycles. The van der Waals surface area contributed by atoms with E-state index in [2.05, 4.69) is 10.4 Å². The molecule has 2 aromatic rings. The number of aromatic nitrogens is 2. The predicted molar refractivity (Wildman–Crippen MR) is 75.8 cm³/mol. The summed E-state index contributed by atoms with van der Waals surface area (Å²) in [6.07, 6.45) is 2.34. The number of carbonyl (C=O) groups excluding carboxylic acids is 1. The van der Waals surface area contributed by atoms with Gasteiger partial charge in [-0.3, -0.25) is 0 Å². The van der Waals surface area contributed by atoms with Gasteiger partial charge in [-0.2, -0.15) is 5.10 Å². The number of anilines is 1. The first-order chi connectivity index (χ1) is 10.2. The number of halogens is 1. The lowest BCUT2D eigenvalue weighted by atomic mass is 10.0. The summed E-state index contributed by atoms with van der Waals surface area (Å²) in [5, 5.41) is 7.49. The average Bonchev–Trinajstić information content (AvgIpc) is 2.92. The largest absolute Gasteiger partial charge is 0.462 e. The Labute approximate surface area is 121 Å². The van der Waals surface area contributed by atoms with Gasteiger partial charge in [0.15, 0.2) is 0 Å². The molecule has 0 bridgehead atoms. The van der Waals surface area contributed by atoms with Gasteiger partial charge in [0.05, 0.1) is 18.8 Å². The Morgan fingerprint density at radius 3 is 2.95 bits per heavy atom. The van der Waals surface area contributed by atoms with E-state index in [1.165, 1.54) is 18.3 Å². The van der Waals surface area contributed by atoms with Crippen LogP contribution in [-0.4, -0.2) is 28.9 Å². The van der Waals surface area contributed by atoms with Gasteiger partial charge in [0.25, 0.3) is 0 Å². The van der Waals surface area contributed by atoms with E-state index in [1.807, 2.05) is 0 Å². The third-order valence-electron chi connectivity index (χ3n) is 3.55. The maximum atomic E-state index is 13.0. The van der Waals surface area contributed by atoms with Crippen LogP contribution in [0, 0.1) is 5.82 Å². The second-order valence-corrected chi connectivity index (χ2v) is 4.85. The molecule has 0 saturated heterocycles. The van der Waals surface area contributed by atoms with Crippen molar-refractivity contribution in [3.63, 3.8) is 0 Å². The van der Waals surface area contributed by atoms with E-state index < -0.39 is 0 Å². The van der Waals surface area contributed by atoms with Crippen LogP contribution in [0.3, 0.4) is 0 Å². The van der Waals surface area contributed by atoms with Crippen molar-refractivity contribution in [2.24, 2.45) is 0 Å². The minimum Gasteiger partial charge on any atom is -0.462 e. The summed E-state index contributed by atoms with van der Waals surface area (Å²) in [4.78, 5) is 11.9. The van der Waals surface area contributed by atoms with Crippen molar-refractivity contribution < 1.29 is 13.9 Å². The first-order valence-corrected chi connectivity index (χ1v) is 6.94. The van der Waals surface area contributed by atoms with E-state index in [4.69, 9.17) is 4.74 Å². The number of nitrogens with one attached hydrogen (secondary N) is 1. The lowest BCUT2D eigenvalue weighted by molar-refractivity contribution is 0.0527. The van der Waals surface area contributed by atoms with Gasteiger partial charge in [-0.25, -0.2) is 13.9 Å². The molecule has 6 heteroatoms. The van der Waals surface area contributed by atoms with Crippen LogP contribution in [0.25, 0.3) is 0 Å². The molecule has 1 aromatic heterocycles. The van der Waals surface area contributed by atoms with Crippen molar-refractivity contribution in [3.05, 3.63) is 47.4 Å². The van der Waals surface area contributed by atoms with Crippen molar-refractivity contribution in [1.29, 1.82) is 0 Å². The molecule has 0 aliphatic carbocycles. The van der Waals surface area contributed by atoms with Gasteiger partial charge in [0.2, 0.25) is 0 Å². The van der Waals surface area contributed by atoms with E-state index in [0.717, 1.165) is 18.5 Å². The van der Waals surface area contributed by atoms with Crippen molar-refractivity contribution in [1.82, 2.24) is 9.78 Å². The zero-order valence-electron chi connectivity index (χ0n) is 11.7. The number of ether oxygens (including phenoxy) is 1. The summed E-state index contributed by atoms with van der Waals surface area (Å²) in [5.41, 5.74) is 1.40. The van der Waals surface area contributed by atoms with Crippen LogP contribution in [0.2, 0.25) is 0 Å². The minimum atomic E-state index is -0.383. The summed E-state index contributed by atoms with van der Waals surface area (Å²) < 4.78 is 19.8. The number of hydrogen-bond donors (Lipinski definition) is 1. The zero-order chi connectivity index (χ0) is 14.8. The zero-order valence-corrected chi connectivity index (χ0v) is 11.7. The van der Waals surface area contributed by atoms with Crippen LogP contribution in [0.4, 0.5) is 10.2 Å². The molecule has 2 heterocycles. The monoisotopic (exact) mass is 289 g/mol. The van der Waals surface area contributed by atoms with Crippen LogP contribution in [-0.2, 0) is 4.74 Å². The van der Waals surface area contributed by atoms with E-state index >= 15 is 0 Å². The Kier molecular flexibility index (Phi) is 3.60. The van der Waals surface area contributed by atoms with Crippen LogP contribution < -0.4 is 5.32 Å². The molecule has 110 valence electrons. The number of nitrogens with zero attached hydrogens (tertiary/aromatic N) is 2. The molecule has 1 N–H and O–H groups in total. The van der Waals surface area contributed by atoms with Crippen LogP contribution in [0.15, 0.2) is 30.5 Å². The topological polar surface area (TPSA) is 56.1 Å². The molecule has 0 amide bonds. The van der Waals surface area contributed by atoms with E-state index in [1.54, 1.807) is 23.7 Å². The van der Waals surface area contributed by atoms with Gasteiger partial charge in [-0.15, -0.1) is 0 Å². The number of fused-ring (bicyclic) bond motifs is 1. The highest BCUT2D eigenvalue weighted by Gasteiger charge is 2.27. The number of carbonyl (C=O) groups is 1. The number of hydrogen-bond acceptors (Lipinski definition) is 4. The highest BCUT2D eigenvalue weighted by molar-refractivity contribution is 5.94. The molecular weight excluding hydrogens is 273 g/mol. The van der Waals surface area contributed by atoms with Crippen molar-refractivity contribution in [2.45, 2.75) is 19.4 Å². The Bertz CT molecular complexity index is 651. The molecule has 0 spiro atoms. The van der Waals surface area contributed by atoms with Crippen molar-refractivity contribution >= 4 is 11.8 Å². The van der Waals surface area contributed by atoms with Crippen molar-refractivity contribution in [3.8, 4) is 0 Å². The highest BCUT2D eigenvalue weighted by Crippen LogP contribution is 2.31. The van der Waals surface area contributed by atoms with Crippen LogP contribution in [0.1, 0.15) is 35.3 Å². The minimum absolute atomic E-state index is 0.00923. The van der Waals surface area contributed by atoms with Crippen LogP contribution >= 0.6 is 0 Å². The molecule has 5 nitrogen and oxygen atoms in total. The molecule has 1 aliphatic heterocycles. The fraction of sp³-hybridized carbons (Fsp3) is 0.333. The van der Waals surface area contributed by atoms with Gasteiger partial charge in [0, 0.05) is 6.54 Å². The van der Waals surface area contributed by atoms with E-state index in [9.17, 15) is 9.18 Å². The third kappa shape index (κ3) is 2.49. The molecule has 1 unspecified atom stereocenters. The first kappa shape index (κ1) is 13.6. The summed E-state index contributed by atoms with van der Waals surface area (Å²) in [5.74, 6) is 0.0145. The summed E-state index contributed by atoms with van der Waals surface area (Å²) in [6.45, 7) is 2.81. The second kappa shape index (κ2) is 5.55. The number of rotatable bonds is 3. The Balaban J connectivity index is 1.96. The highest BCUT2D eigenvalue weighted by atomic mass is 19.1. The van der Waals surface area contributed by atoms with Gasteiger partial charge in [-0.05, 0) is 31.0 Å². The second-order valence-electron chi connectivity index (χ2n) is 4.85. The Hall–Kier alpha value is -2.37. The lowest BCUT2D eigenvalue weighted by Crippen LogP contribution is -2.25. The normalized spacial score (nSPS) is 17.0.